The molecule has 200 valence electrons. The average molecular weight is 511 g/mol. The number of aryl methyl sites for hydroxylation is 1. The molecule has 2 fully saturated rings. The molecule has 0 bridgehead atoms. The van der Waals surface area contributed by atoms with Crippen molar-refractivity contribution in [2.45, 2.75) is 84.0 Å². The molecule has 38 heavy (non-hydrogen) atoms. The van der Waals surface area contributed by atoms with Crippen LogP contribution in [0.1, 0.15) is 80.5 Å². The predicted octanol–water partition coefficient (Wildman–Crippen LogP) is 8.50. The maximum absolute atomic E-state index is 6.62. The molecule has 3 heteroatoms. The first kappa shape index (κ1) is 25.5. The normalized spacial score (nSPS) is 27.7. The van der Waals surface area contributed by atoms with E-state index < -0.39 is 0 Å². The van der Waals surface area contributed by atoms with Crippen molar-refractivity contribution in [3.63, 3.8) is 0 Å². The van der Waals surface area contributed by atoms with Gasteiger partial charge in [0, 0.05) is 0 Å². The minimum absolute atomic E-state index is 0.285. The quantitative estimate of drug-likeness (QED) is 0.289. The maximum Gasteiger partial charge on any atom is 0.161 e. The molecule has 3 aromatic carbocycles. The molecule has 0 unspecified atom stereocenters. The first-order valence-corrected chi connectivity index (χ1v) is 14.8. The van der Waals surface area contributed by atoms with Gasteiger partial charge in [0.05, 0.1) is 19.3 Å². The van der Waals surface area contributed by atoms with Gasteiger partial charge in [0.2, 0.25) is 0 Å². The highest BCUT2D eigenvalue weighted by molar-refractivity contribution is 5.50. The molecule has 0 heterocycles. The molecular formula is C35H42O3. The third kappa shape index (κ3) is 4.98. The standard InChI is InChI=1S/C35H42O3/c1-3-20-36-33-22-30-27(21-32(33)37-23-25-10-6-4-7-11-25)14-15-29-28(30)18-19-35(2)31(29)16-17-34(35)38-24-26-12-8-5-9-13-26/h4-13,21-22,28-29,31,34H,3,14-20,23-24H2,1-2H3/t28-,29+,31-,34-,35-/m0/s1. The van der Waals surface area contributed by atoms with Gasteiger partial charge in [-0.05, 0) is 103 Å². The number of benzene rings is 3. The molecule has 3 aromatic rings. The zero-order valence-corrected chi connectivity index (χ0v) is 23.0. The number of fused-ring (bicyclic) bond motifs is 5. The minimum atomic E-state index is 0.285. The molecule has 0 saturated heterocycles. The van der Waals surface area contributed by atoms with Crippen LogP contribution in [0.4, 0.5) is 0 Å². The van der Waals surface area contributed by atoms with Gasteiger partial charge >= 0.3 is 0 Å². The Morgan fingerprint density at radius 1 is 0.789 bits per heavy atom. The number of hydrogen-bond donors (Lipinski definition) is 0. The summed E-state index contributed by atoms with van der Waals surface area (Å²) in [6.45, 7) is 6.71. The molecule has 2 saturated carbocycles. The van der Waals surface area contributed by atoms with Crippen LogP contribution in [0.15, 0.2) is 72.8 Å². The van der Waals surface area contributed by atoms with Crippen LogP contribution in [0.25, 0.3) is 0 Å². The fourth-order valence-electron chi connectivity index (χ4n) is 7.75. The van der Waals surface area contributed by atoms with Gasteiger partial charge in [-0.2, -0.15) is 0 Å². The Morgan fingerprint density at radius 3 is 2.24 bits per heavy atom. The summed E-state index contributed by atoms with van der Waals surface area (Å²) in [5, 5.41) is 0. The van der Waals surface area contributed by atoms with Crippen LogP contribution in [0.2, 0.25) is 0 Å². The SMILES string of the molecule is CCCOc1cc2c(cc1OCc1ccccc1)CC[C@@H]1[C@@H]2CC[C@]2(C)[C@@H](OCc3ccccc3)CC[C@@H]12. The van der Waals surface area contributed by atoms with Crippen molar-refractivity contribution in [2.75, 3.05) is 6.61 Å². The first-order chi connectivity index (χ1) is 18.7. The van der Waals surface area contributed by atoms with Gasteiger partial charge in [-0.1, -0.05) is 74.5 Å². The van der Waals surface area contributed by atoms with Crippen LogP contribution >= 0.6 is 0 Å². The van der Waals surface area contributed by atoms with Crippen LogP contribution in [0, 0.1) is 17.3 Å². The Morgan fingerprint density at radius 2 is 1.50 bits per heavy atom. The predicted molar refractivity (Wildman–Crippen MR) is 153 cm³/mol. The molecule has 6 rings (SSSR count). The van der Waals surface area contributed by atoms with Gasteiger partial charge < -0.3 is 14.2 Å². The van der Waals surface area contributed by atoms with E-state index in [4.69, 9.17) is 14.2 Å². The van der Waals surface area contributed by atoms with E-state index in [1.807, 2.05) is 6.07 Å². The maximum atomic E-state index is 6.62. The molecule has 0 N–H and O–H groups in total. The van der Waals surface area contributed by atoms with Crippen LogP contribution in [-0.4, -0.2) is 12.7 Å². The highest BCUT2D eigenvalue weighted by Gasteiger charge is 2.55. The molecule has 3 aliphatic rings. The van der Waals surface area contributed by atoms with Crippen molar-refractivity contribution in [2.24, 2.45) is 17.3 Å². The van der Waals surface area contributed by atoms with Crippen molar-refractivity contribution in [3.8, 4) is 11.5 Å². The van der Waals surface area contributed by atoms with Crippen LogP contribution in [0.3, 0.4) is 0 Å². The van der Waals surface area contributed by atoms with Crippen LogP contribution < -0.4 is 9.47 Å². The molecule has 3 aliphatic carbocycles. The summed E-state index contributed by atoms with van der Waals surface area (Å²) in [6, 6.07) is 25.7. The van der Waals surface area contributed by atoms with Crippen molar-refractivity contribution < 1.29 is 14.2 Å². The van der Waals surface area contributed by atoms with Crippen molar-refractivity contribution in [1.29, 1.82) is 0 Å². The summed E-state index contributed by atoms with van der Waals surface area (Å²) in [7, 11) is 0. The lowest BCUT2D eigenvalue weighted by Crippen LogP contribution is -2.44. The van der Waals surface area contributed by atoms with E-state index in [-0.39, 0.29) is 5.41 Å². The lowest BCUT2D eigenvalue weighted by molar-refractivity contribution is -0.0707. The van der Waals surface area contributed by atoms with E-state index >= 15 is 0 Å². The Kier molecular flexibility index (Phi) is 7.48. The van der Waals surface area contributed by atoms with E-state index in [9.17, 15) is 0 Å². The van der Waals surface area contributed by atoms with Gasteiger partial charge in [-0.15, -0.1) is 0 Å². The zero-order valence-electron chi connectivity index (χ0n) is 23.0. The second-order valence-electron chi connectivity index (χ2n) is 11.9. The first-order valence-electron chi connectivity index (χ1n) is 14.8. The average Bonchev–Trinajstić information content (AvgIpc) is 3.30. The molecule has 3 nitrogen and oxygen atoms in total. The third-order valence-electron chi connectivity index (χ3n) is 9.70. The molecule has 0 aliphatic heterocycles. The fraction of sp³-hybridized carbons (Fsp3) is 0.486. The van der Waals surface area contributed by atoms with Crippen molar-refractivity contribution >= 4 is 0 Å². The van der Waals surface area contributed by atoms with E-state index in [2.05, 4.69) is 80.6 Å². The topological polar surface area (TPSA) is 27.7 Å². The molecule has 0 spiro atoms. The fourth-order valence-corrected chi connectivity index (χ4v) is 7.75. The van der Waals surface area contributed by atoms with Gasteiger partial charge in [0.1, 0.15) is 6.61 Å². The highest BCUT2D eigenvalue weighted by Crippen LogP contribution is 2.62. The second-order valence-corrected chi connectivity index (χ2v) is 11.9. The summed E-state index contributed by atoms with van der Waals surface area (Å²) >= 11 is 0. The summed E-state index contributed by atoms with van der Waals surface area (Å²) in [6.07, 6.45) is 8.75. The zero-order chi connectivity index (χ0) is 26.0. The Bertz CT molecular complexity index is 1210. The molecule has 0 radical (unpaired) electrons. The number of rotatable bonds is 9. The van der Waals surface area contributed by atoms with E-state index in [0.29, 0.717) is 18.6 Å². The monoisotopic (exact) mass is 510 g/mol. The van der Waals surface area contributed by atoms with Crippen LogP contribution in [0.5, 0.6) is 11.5 Å². The molecule has 0 amide bonds. The van der Waals surface area contributed by atoms with Crippen molar-refractivity contribution in [1.82, 2.24) is 0 Å². The lowest BCUT2D eigenvalue weighted by atomic mass is 9.55. The van der Waals surface area contributed by atoms with Gasteiger partial charge in [0.15, 0.2) is 11.5 Å². The highest BCUT2D eigenvalue weighted by atomic mass is 16.5. The smallest absolute Gasteiger partial charge is 0.161 e. The van der Waals surface area contributed by atoms with E-state index in [1.54, 1.807) is 0 Å². The largest absolute Gasteiger partial charge is 0.490 e. The van der Waals surface area contributed by atoms with Crippen molar-refractivity contribution in [3.05, 3.63) is 95.1 Å². The third-order valence-corrected chi connectivity index (χ3v) is 9.70. The Balaban J connectivity index is 1.20. The number of ether oxygens (including phenoxy) is 3. The van der Waals surface area contributed by atoms with E-state index in [0.717, 1.165) is 49.4 Å². The minimum Gasteiger partial charge on any atom is -0.490 e. The van der Waals surface area contributed by atoms with Gasteiger partial charge in [0.25, 0.3) is 0 Å². The molecule has 5 atom stereocenters. The van der Waals surface area contributed by atoms with E-state index in [1.165, 1.54) is 54.4 Å². The van der Waals surface area contributed by atoms with Gasteiger partial charge in [-0.3, -0.25) is 0 Å². The Hall–Kier alpha value is -2.78. The molecular weight excluding hydrogens is 468 g/mol. The Labute approximate surface area is 228 Å². The van der Waals surface area contributed by atoms with Gasteiger partial charge in [-0.25, -0.2) is 0 Å². The summed E-state index contributed by atoms with van der Waals surface area (Å²) in [4.78, 5) is 0. The van der Waals surface area contributed by atoms with Crippen LogP contribution in [-0.2, 0) is 24.4 Å². The molecule has 0 aromatic heterocycles. The lowest BCUT2D eigenvalue weighted by Gasteiger charge is -2.50. The second kappa shape index (κ2) is 11.1. The summed E-state index contributed by atoms with van der Waals surface area (Å²) in [5.74, 6) is 3.92. The summed E-state index contributed by atoms with van der Waals surface area (Å²) < 4.78 is 19.2. The number of hydrogen-bond acceptors (Lipinski definition) is 3. The summed E-state index contributed by atoms with van der Waals surface area (Å²) in [5.41, 5.74) is 5.74.